The summed E-state index contributed by atoms with van der Waals surface area (Å²) in [5.41, 5.74) is -0.0605. The standard InChI is InChI=1S/C29H29F6N3O2/c1-20-3-2-4-21(15-20)9-10-37-11-13-38(14-12-37)27(39)36-25-5-7-26(8-6-25)40-19-22-16-23(28(30,31)32)18-24(17-22)29(33,34)35/h2-8,15-18H,9-14,19H2,1H3,(H,36,39). The molecule has 1 N–H and O–H groups in total. The molecule has 11 heteroatoms. The fourth-order valence-corrected chi connectivity index (χ4v) is 4.44. The molecular weight excluding hydrogens is 536 g/mol. The molecule has 5 nitrogen and oxygen atoms in total. The van der Waals surface area contributed by atoms with E-state index < -0.39 is 30.1 Å². The summed E-state index contributed by atoms with van der Waals surface area (Å²) in [6, 6.07) is 15.6. The molecule has 0 spiro atoms. The van der Waals surface area contributed by atoms with E-state index in [9.17, 15) is 31.1 Å². The molecule has 0 aliphatic carbocycles. The normalized spacial score (nSPS) is 14.7. The van der Waals surface area contributed by atoms with E-state index in [1.807, 2.05) is 0 Å². The number of amides is 2. The van der Waals surface area contributed by atoms with Gasteiger partial charge in [-0.2, -0.15) is 26.3 Å². The molecule has 0 saturated carbocycles. The molecule has 2 amide bonds. The summed E-state index contributed by atoms with van der Waals surface area (Å²) in [7, 11) is 0. The minimum atomic E-state index is -4.93. The lowest BCUT2D eigenvalue weighted by Gasteiger charge is -2.34. The number of aryl methyl sites for hydroxylation is 1. The Labute approximate surface area is 228 Å². The van der Waals surface area contributed by atoms with Crippen LogP contribution in [0.15, 0.2) is 66.7 Å². The van der Waals surface area contributed by atoms with Gasteiger partial charge in [-0.25, -0.2) is 4.79 Å². The molecule has 1 saturated heterocycles. The van der Waals surface area contributed by atoms with E-state index >= 15 is 0 Å². The molecule has 1 aliphatic rings. The molecule has 3 aromatic carbocycles. The number of urea groups is 1. The van der Waals surface area contributed by atoms with Crippen LogP contribution in [0.5, 0.6) is 5.75 Å². The number of benzene rings is 3. The van der Waals surface area contributed by atoms with Crippen molar-refractivity contribution in [2.24, 2.45) is 0 Å². The van der Waals surface area contributed by atoms with Gasteiger partial charge in [-0.3, -0.25) is 4.90 Å². The summed E-state index contributed by atoms with van der Waals surface area (Å²) in [4.78, 5) is 16.7. The highest BCUT2D eigenvalue weighted by molar-refractivity contribution is 5.89. The summed E-state index contributed by atoms with van der Waals surface area (Å²) >= 11 is 0. The maximum absolute atomic E-state index is 13.1. The van der Waals surface area contributed by atoms with Crippen LogP contribution >= 0.6 is 0 Å². The van der Waals surface area contributed by atoms with Crippen molar-refractivity contribution in [3.05, 3.63) is 94.5 Å². The number of carbonyl (C=O) groups excluding carboxylic acids is 1. The lowest BCUT2D eigenvalue weighted by molar-refractivity contribution is -0.143. The number of rotatable bonds is 7. The van der Waals surface area contributed by atoms with Gasteiger partial charge in [0.15, 0.2) is 0 Å². The minimum Gasteiger partial charge on any atom is -0.489 e. The van der Waals surface area contributed by atoms with Crippen molar-refractivity contribution in [1.82, 2.24) is 9.80 Å². The van der Waals surface area contributed by atoms with E-state index in [1.165, 1.54) is 23.3 Å². The third-order valence-electron chi connectivity index (χ3n) is 6.62. The molecule has 3 aromatic rings. The minimum absolute atomic E-state index is 0.0757. The van der Waals surface area contributed by atoms with Gasteiger partial charge in [0, 0.05) is 38.4 Å². The predicted molar refractivity (Wildman–Crippen MR) is 139 cm³/mol. The van der Waals surface area contributed by atoms with Crippen LogP contribution in [0.2, 0.25) is 0 Å². The lowest BCUT2D eigenvalue weighted by atomic mass is 10.1. The number of piperazine rings is 1. The first-order valence-electron chi connectivity index (χ1n) is 12.7. The van der Waals surface area contributed by atoms with E-state index in [0.29, 0.717) is 30.9 Å². The van der Waals surface area contributed by atoms with Gasteiger partial charge in [0.05, 0.1) is 11.1 Å². The molecule has 1 heterocycles. The fourth-order valence-electron chi connectivity index (χ4n) is 4.44. The Bertz CT molecular complexity index is 1270. The summed E-state index contributed by atoms with van der Waals surface area (Å²) in [6.07, 6.45) is -8.91. The zero-order valence-corrected chi connectivity index (χ0v) is 21.8. The van der Waals surface area contributed by atoms with E-state index in [-0.39, 0.29) is 23.4 Å². The van der Waals surface area contributed by atoms with Crippen molar-refractivity contribution in [3.63, 3.8) is 0 Å². The van der Waals surface area contributed by atoms with Crippen LogP contribution in [0.1, 0.15) is 27.8 Å². The topological polar surface area (TPSA) is 44.8 Å². The molecular formula is C29H29F6N3O2. The Balaban J connectivity index is 1.26. The summed E-state index contributed by atoms with van der Waals surface area (Å²) in [5, 5.41) is 2.80. The number of hydrogen-bond donors (Lipinski definition) is 1. The Hall–Kier alpha value is -3.73. The van der Waals surface area contributed by atoms with Crippen molar-refractivity contribution in [2.75, 3.05) is 38.0 Å². The van der Waals surface area contributed by atoms with Crippen LogP contribution < -0.4 is 10.1 Å². The molecule has 0 bridgehead atoms. The smallest absolute Gasteiger partial charge is 0.416 e. The zero-order chi connectivity index (χ0) is 28.9. The van der Waals surface area contributed by atoms with Crippen molar-refractivity contribution >= 4 is 11.7 Å². The number of halogens is 6. The van der Waals surface area contributed by atoms with Crippen LogP contribution in [0, 0.1) is 6.92 Å². The number of nitrogens with one attached hydrogen (secondary N) is 1. The first kappa shape index (κ1) is 29.3. The molecule has 1 fully saturated rings. The van der Waals surface area contributed by atoms with Crippen molar-refractivity contribution in [2.45, 2.75) is 32.3 Å². The maximum atomic E-state index is 13.1. The number of hydrogen-bond acceptors (Lipinski definition) is 3. The van der Waals surface area contributed by atoms with Crippen LogP contribution in [0.4, 0.5) is 36.8 Å². The Morgan fingerprint density at radius 3 is 2.02 bits per heavy atom. The Morgan fingerprint density at radius 1 is 0.825 bits per heavy atom. The number of anilines is 1. The van der Waals surface area contributed by atoms with Gasteiger partial charge in [0.1, 0.15) is 12.4 Å². The molecule has 0 radical (unpaired) electrons. The number of carbonyl (C=O) groups is 1. The molecule has 0 unspecified atom stereocenters. The van der Waals surface area contributed by atoms with Crippen molar-refractivity contribution < 1.29 is 35.9 Å². The van der Waals surface area contributed by atoms with Crippen molar-refractivity contribution in [1.29, 1.82) is 0 Å². The van der Waals surface area contributed by atoms with E-state index in [2.05, 4.69) is 41.4 Å². The molecule has 40 heavy (non-hydrogen) atoms. The lowest BCUT2D eigenvalue weighted by Crippen LogP contribution is -2.50. The van der Waals surface area contributed by atoms with E-state index in [0.717, 1.165) is 26.1 Å². The second kappa shape index (κ2) is 12.2. The van der Waals surface area contributed by atoms with E-state index in [1.54, 1.807) is 17.0 Å². The van der Waals surface area contributed by atoms with Gasteiger partial charge in [-0.15, -0.1) is 0 Å². The fraction of sp³-hybridized carbons (Fsp3) is 0.345. The predicted octanol–water partition coefficient (Wildman–Crippen LogP) is 7.00. The molecule has 214 valence electrons. The molecule has 0 aromatic heterocycles. The highest BCUT2D eigenvalue weighted by Gasteiger charge is 2.37. The Kier molecular flexibility index (Phi) is 8.92. The van der Waals surface area contributed by atoms with E-state index in [4.69, 9.17) is 4.74 Å². The Morgan fingerprint density at radius 2 is 1.45 bits per heavy atom. The number of alkyl halides is 6. The average Bonchev–Trinajstić information content (AvgIpc) is 2.91. The summed E-state index contributed by atoms with van der Waals surface area (Å²) < 4.78 is 83.8. The summed E-state index contributed by atoms with van der Waals surface area (Å²) in [5.74, 6) is 0.228. The van der Waals surface area contributed by atoms with Gasteiger partial charge in [0.2, 0.25) is 0 Å². The van der Waals surface area contributed by atoms with Crippen LogP contribution in [-0.2, 0) is 25.4 Å². The maximum Gasteiger partial charge on any atom is 0.416 e. The first-order chi connectivity index (χ1) is 18.9. The SMILES string of the molecule is Cc1cccc(CCN2CCN(C(=O)Nc3ccc(OCc4cc(C(F)(F)F)cc(C(F)(F)F)c4)cc3)CC2)c1. The van der Waals surface area contributed by atoms with Gasteiger partial charge in [-0.1, -0.05) is 29.8 Å². The number of ether oxygens (including phenoxy) is 1. The third-order valence-corrected chi connectivity index (χ3v) is 6.62. The largest absolute Gasteiger partial charge is 0.489 e. The average molecular weight is 566 g/mol. The highest BCUT2D eigenvalue weighted by Crippen LogP contribution is 2.36. The van der Waals surface area contributed by atoms with Gasteiger partial charge < -0.3 is 15.0 Å². The monoisotopic (exact) mass is 565 g/mol. The quantitative estimate of drug-likeness (QED) is 0.314. The first-order valence-corrected chi connectivity index (χ1v) is 12.7. The molecule has 0 atom stereocenters. The van der Waals surface area contributed by atoms with Gasteiger partial charge >= 0.3 is 18.4 Å². The van der Waals surface area contributed by atoms with Crippen LogP contribution in [0.3, 0.4) is 0 Å². The molecule has 4 rings (SSSR count). The zero-order valence-electron chi connectivity index (χ0n) is 21.8. The second-order valence-corrected chi connectivity index (χ2v) is 9.73. The van der Waals surface area contributed by atoms with Crippen molar-refractivity contribution in [3.8, 4) is 5.75 Å². The van der Waals surface area contributed by atoms with Gasteiger partial charge in [-0.05, 0) is 66.9 Å². The number of nitrogens with zero attached hydrogens (tertiary/aromatic N) is 2. The highest BCUT2D eigenvalue weighted by atomic mass is 19.4. The summed E-state index contributed by atoms with van der Waals surface area (Å²) in [6.45, 7) is 5.17. The third kappa shape index (κ3) is 8.14. The van der Waals surface area contributed by atoms with Crippen LogP contribution in [-0.4, -0.2) is 48.6 Å². The van der Waals surface area contributed by atoms with Crippen LogP contribution in [0.25, 0.3) is 0 Å². The van der Waals surface area contributed by atoms with Gasteiger partial charge in [0.25, 0.3) is 0 Å². The molecule has 1 aliphatic heterocycles. The second-order valence-electron chi connectivity index (χ2n) is 9.73.